The first-order valence-corrected chi connectivity index (χ1v) is 43.0. The van der Waals surface area contributed by atoms with Gasteiger partial charge in [0.1, 0.15) is 19.3 Å². The van der Waals surface area contributed by atoms with Gasteiger partial charge in [-0.05, 0) is 167 Å². The Balaban J connectivity index is 5.47. The number of aliphatic hydroxyl groups excluding tert-OH is 1. The largest absolute Gasteiger partial charge is 0.472 e. The van der Waals surface area contributed by atoms with Crippen LogP contribution in [0.15, 0.2) is 182 Å². The number of unbranched alkanes of at least 4 members (excludes halogenated alkanes) is 17. The number of hydrogen-bond acceptors (Lipinski definition) is 15. The summed E-state index contributed by atoms with van der Waals surface area (Å²) < 4.78 is 68.5. The van der Waals surface area contributed by atoms with Crippen molar-refractivity contribution < 1.29 is 80.2 Å². The van der Waals surface area contributed by atoms with Crippen molar-refractivity contribution in [2.75, 3.05) is 39.6 Å². The maximum Gasteiger partial charge on any atom is 0.472 e. The Kier molecular flexibility index (Phi) is 73.1. The second kappa shape index (κ2) is 77.3. The van der Waals surface area contributed by atoms with Crippen LogP contribution in [0, 0.1) is 0 Å². The number of allylic oxidation sites excluding steroid dienone is 30. The van der Waals surface area contributed by atoms with E-state index in [9.17, 15) is 43.2 Å². The van der Waals surface area contributed by atoms with E-state index >= 15 is 0 Å². The SMILES string of the molecule is CC/C=C\C/C=C\C/C=C\C/C=C\C/C=C\C/C=C\CCC(=O)OCC(COP(=O)(O)OCC(O)COP(=O)(O)OCC(COC(=O)CCCCCCCC/C=C\C/C=C\C/C=C\C/C=C\CC)OC(=O)CCCC/C=C\C/C=C\C/C=C\C/C=C\CC)OC(=O)CCCCCCC/C=C\CCCCCC. The zero-order chi connectivity index (χ0) is 77.4. The molecule has 0 radical (unpaired) electrons. The molecule has 0 saturated heterocycles. The van der Waals surface area contributed by atoms with Crippen molar-refractivity contribution in [3.63, 3.8) is 0 Å². The maximum absolute atomic E-state index is 13.1. The molecule has 0 aliphatic carbocycles. The summed E-state index contributed by atoms with van der Waals surface area (Å²) >= 11 is 0. The van der Waals surface area contributed by atoms with Crippen molar-refractivity contribution in [3.05, 3.63) is 182 Å². The summed E-state index contributed by atoms with van der Waals surface area (Å²) in [5, 5.41) is 10.6. The lowest BCUT2D eigenvalue weighted by molar-refractivity contribution is -0.161. The molecular weight excluding hydrogens is 1380 g/mol. The van der Waals surface area contributed by atoms with Gasteiger partial charge >= 0.3 is 39.5 Å². The molecule has 106 heavy (non-hydrogen) atoms. The molecule has 0 bridgehead atoms. The third-order valence-electron chi connectivity index (χ3n) is 15.9. The second-order valence-electron chi connectivity index (χ2n) is 25.9. The van der Waals surface area contributed by atoms with Crippen LogP contribution in [-0.2, 0) is 65.4 Å². The number of phosphoric acid groups is 2. The van der Waals surface area contributed by atoms with E-state index in [0.717, 1.165) is 167 Å². The number of rotatable bonds is 73. The highest BCUT2D eigenvalue weighted by molar-refractivity contribution is 7.47. The van der Waals surface area contributed by atoms with Gasteiger partial charge in [-0.25, -0.2) is 9.13 Å². The topological polar surface area (TPSA) is 237 Å². The highest BCUT2D eigenvalue weighted by atomic mass is 31.2. The lowest BCUT2D eigenvalue weighted by Gasteiger charge is -2.21. The highest BCUT2D eigenvalue weighted by Crippen LogP contribution is 2.45. The van der Waals surface area contributed by atoms with Gasteiger partial charge in [0.25, 0.3) is 0 Å². The van der Waals surface area contributed by atoms with Gasteiger partial charge < -0.3 is 33.8 Å². The summed E-state index contributed by atoms with van der Waals surface area (Å²) in [6, 6.07) is 0. The van der Waals surface area contributed by atoms with Crippen molar-refractivity contribution in [2.24, 2.45) is 0 Å². The summed E-state index contributed by atoms with van der Waals surface area (Å²) in [6.45, 7) is 4.34. The Morgan fingerprint density at radius 2 is 0.509 bits per heavy atom. The molecule has 0 saturated carbocycles. The van der Waals surface area contributed by atoms with Crippen LogP contribution in [0.3, 0.4) is 0 Å². The molecule has 0 rings (SSSR count). The second-order valence-corrected chi connectivity index (χ2v) is 28.8. The van der Waals surface area contributed by atoms with E-state index in [1.54, 1.807) is 0 Å². The van der Waals surface area contributed by atoms with Crippen molar-refractivity contribution in [1.82, 2.24) is 0 Å². The first kappa shape index (κ1) is 100. The predicted molar refractivity (Wildman–Crippen MR) is 436 cm³/mol. The quantitative estimate of drug-likeness (QED) is 0.0169. The number of carbonyl (C=O) groups excluding carboxylic acids is 4. The highest BCUT2D eigenvalue weighted by Gasteiger charge is 2.30. The first-order chi connectivity index (χ1) is 51.7. The third-order valence-corrected chi connectivity index (χ3v) is 17.8. The van der Waals surface area contributed by atoms with Crippen LogP contribution in [-0.4, -0.2) is 96.7 Å². The van der Waals surface area contributed by atoms with Crippen LogP contribution in [0.5, 0.6) is 0 Å². The van der Waals surface area contributed by atoms with Crippen LogP contribution in [0.2, 0.25) is 0 Å². The van der Waals surface area contributed by atoms with E-state index in [2.05, 4.69) is 192 Å². The minimum absolute atomic E-state index is 0.0278. The average Bonchev–Trinajstić information content (AvgIpc) is 0.901. The van der Waals surface area contributed by atoms with Gasteiger partial charge in [0.2, 0.25) is 0 Å². The molecule has 600 valence electrons. The van der Waals surface area contributed by atoms with Crippen molar-refractivity contribution in [3.8, 4) is 0 Å². The molecule has 19 heteroatoms. The minimum Gasteiger partial charge on any atom is -0.462 e. The van der Waals surface area contributed by atoms with Crippen molar-refractivity contribution in [1.29, 1.82) is 0 Å². The fourth-order valence-corrected chi connectivity index (χ4v) is 11.4. The molecule has 0 amide bonds. The Morgan fingerprint density at radius 1 is 0.274 bits per heavy atom. The number of ether oxygens (including phenoxy) is 4. The van der Waals surface area contributed by atoms with E-state index in [1.165, 1.54) is 25.7 Å². The van der Waals surface area contributed by atoms with Gasteiger partial charge in [0.15, 0.2) is 12.2 Å². The summed E-state index contributed by atoms with van der Waals surface area (Å²) in [5.41, 5.74) is 0. The minimum atomic E-state index is -5.01. The van der Waals surface area contributed by atoms with Gasteiger partial charge in [-0.2, -0.15) is 0 Å². The molecule has 0 aliphatic heterocycles. The third kappa shape index (κ3) is 76.4. The normalized spacial score (nSPS) is 14.8. The molecule has 0 aliphatic rings. The zero-order valence-corrected chi connectivity index (χ0v) is 67.3. The smallest absolute Gasteiger partial charge is 0.462 e. The molecule has 0 aromatic rings. The molecular formula is C87H140O17P2. The van der Waals surface area contributed by atoms with E-state index in [4.69, 9.17) is 37.0 Å². The summed E-state index contributed by atoms with van der Waals surface area (Å²) in [4.78, 5) is 73.0. The first-order valence-electron chi connectivity index (χ1n) is 40.0. The molecule has 0 aromatic carbocycles. The number of hydrogen-bond donors (Lipinski definition) is 3. The van der Waals surface area contributed by atoms with Crippen LogP contribution >= 0.6 is 15.6 Å². The molecule has 5 atom stereocenters. The summed E-state index contributed by atoms with van der Waals surface area (Å²) in [6.07, 6.45) is 93.2. The van der Waals surface area contributed by atoms with Crippen LogP contribution < -0.4 is 0 Å². The Bertz CT molecular complexity index is 2730. The van der Waals surface area contributed by atoms with Crippen molar-refractivity contribution in [2.45, 2.75) is 303 Å². The number of esters is 4. The monoisotopic (exact) mass is 1520 g/mol. The maximum atomic E-state index is 13.1. The average molecular weight is 1520 g/mol. The van der Waals surface area contributed by atoms with Gasteiger partial charge in [0, 0.05) is 25.7 Å². The number of aliphatic hydroxyl groups is 1. The summed E-state index contributed by atoms with van der Waals surface area (Å²) in [5.74, 6) is -2.36. The van der Waals surface area contributed by atoms with Gasteiger partial charge in [-0.15, -0.1) is 0 Å². The van der Waals surface area contributed by atoms with E-state index in [-0.39, 0.29) is 25.7 Å². The fourth-order valence-electron chi connectivity index (χ4n) is 9.87. The van der Waals surface area contributed by atoms with Crippen LogP contribution in [0.25, 0.3) is 0 Å². The van der Waals surface area contributed by atoms with Gasteiger partial charge in [-0.1, -0.05) is 274 Å². The standard InChI is InChI=1S/C87H140O17P2/c1-5-9-13-17-21-25-29-33-36-38-40-42-45-48-51-55-59-63-67-71-84(89)97-77-82(103-86(91)73-69-65-61-57-53-47-32-28-24-20-16-12-8-4)79-101-105(93,94)99-75-81(88)76-100-106(95,96)102-80-83(104-87(92)74-70-66-62-58-54-50-44-35-31-27-23-19-15-11-7-3)78-98-85(90)72-68-64-60-56-52-49-46-43-41-39-37-34-30-26-22-18-14-10-6-2/h9-11,13-15,21-23,25-28,32-37,40-44,48,51,54,58-59,63,81-83,88H,5-8,12,16-20,24,29-31,38-39,45-47,49-50,52-53,55-57,60-62,64-80H2,1-4H3,(H,93,94)(H,95,96)/b13-9-,14-10-,15-11-,25-21-,26-22-,27-23-,32-28-,36-33-,37-34-,42-40-,43-41-,44-35-,51-48-,58-54-,63-59-. The van der Waals surface area contributed by atoms with Gasteiger partial charge in [0.05, 0.1) is 26.4 Å². The molecule has 17 nitrogen and oxygen atoms in total. The fraction of sp³-hybridized carbons (Fsp3) is 0.609. The number of carbonyl (C=O) groups is 4. The van der Waals surface area contributed by atoms with Crippen LogP contribution in [0.1, 0.15) is 285 Å². The Morgan fingerprint density at radius 3 is 0.840 bits per heavy atom. The van der Waals surface area contributed by atoms with Gasteiger partial charge in [-0.3, -0.25) is 37.3 Å². The lowest BCUT2D eigenvalue weighted by atomic mass is 10.1. The summed E-state index contributed by atoms with van der Waals surface area (Å²) in [7, 11) is -10.0. The van der Waals surface area contributed by atoms with E-state index in [1.807, 2.05) is 18.2 Å². The molecule has 0 aromatic heterocycles. The lowest BCUT2D eigenvalue weighted by Crippen LogP contribution is -2.30. The molecule has 0 fully saturated rings. The predicted octanol–water partition coefficient (Wildman–Crippen LogP) is 23.6. The van der Waals surface area contributed by atoms with E-state index in [0.29, 0.717) is 38.5 Å². The molecule has 0 spiro atoms. The Labute approximate surface area is 641 Å². The molecule has 5 unspecified atom stereocenters. The van der Waals surface area contributed by atoms with Crippen LogP contribution in [0.4, 0.5) is 0 Å². The number of phosphoric ester groups is 2. The molecule has 3 N–H and O–H groups in total. The van der Waals surface area contributed by atoms with Crippen molar-refractivity contribution >= 4 is 39.5 Å². The molecule has 0 heterocycles. The van der Waals surface area contributed by atoms with E-state index < -0.39 is 97.5 Å². The Hall–Kier alpha value is -5.84. The zero-order valence-electron chi connectivity index (χ0n) is 65.5.